The van der Waals surface area contributed by atoms with E-state index < -0.39 is 6.10 Å². The third-order valence-corrected chi connectivity index (χ3v) is 4.99. The van der Waals surface area contributed by atoms with Crippen LogP contribution in [0.1, 0.15) is 37.7 Å². The average molecular weight is 326 g/mol. The molecule has 1 aliphatic carbocycles. The van der Waals surface area contributed by atoms with Crippen LogP contribution in [0.3, 0.4) is 0 Å². The van der Waals surface area contributed by atoms with Crippen LogP contribution in [0.5, 0.6) is 0 Å². The van der Waals surface area contributed by atoms with E-state index in [0.29, 0.717) is 19.0 Å². The molecule has 0 radical (unpaired) electrons. The number of hydrogen-bond donors (Lipinski definition) is 3. The van der Waals surface area contributed by atoms with Crippen molar-refractivity contribution in [1.29, 1.82) is 0 Å². The number of carbonyl (C=O) groups excluding carboxylic acids is 1. The van der Waals surface area contributed by atoms with Crippen molar-refractivity contribution in [3.05, 3.63) is 48.0 Å². The van der Waals surface area contributed by atoms with Gasteiger partial charge in [-0.1, -0.05) is 61.7 Å². The van der Waals surface area contributed by atoms with Crippen molar-refractivity contribution in [3.63, 3.8) is 0 Å². The minimum atomic E-state index is -0.436. The fourth-order valence-corrected chi connectivity index (χ4v) is 3.57. The van der Waals surface area contributed by atoms with Crippen LogP contribution in [0.15, 0.2) is 42.5 Å². The molecule has 3 rings (SSSR count). The minimum Gasteiger partial charge on any atom is -0.391 e. The average Bonchev–Trinajstić information content (AvgIpc) is 2.65. The smallest absolute Gasteiger partial charge is 0.315 e. The van der Waals surface area contributed by atoms with Crippen molar-refractivity contribution >= 4 is 16.8 Å². The summed E-state index contributed by atoms with van der Waals surface area (Å²) >= 11 is 0. The molecule has 1 atom stereocenters. The molecule has 0 aliphatic heterocycles. The summed E-state index contributed by atoms with van der Waals surface area (Å²) < 4.78 is 0. The fraction of sp³-hybridized carbons (Fsp3) is 0.450. The Labute approximate surface area is 143 Å². The van der Waals surface area contributed by atoms with Crippen molar-refractivity contribution in [2.24, 2.45) is 5.92 Å². The summed E-state index contributed by atoms with van der Waals surface area (Å²) in [5.41, 5.74) is 1.09. The van der Waals surface area contributed by atoms with E-state index in [2.05, 4.69) is 28.8 Å². The van der Waals surface area contributed by atoms with Gasteiger partial charge in [-0.05, 0) is 35.1 Å². The van der Waals surface area contributed by atoms with Gasteiger partial charge < -0.3 is 15.7 Å². The highest BCUT2D eigenvalue weighted by molar-refractivity contribution is 5.86. The van der Waals surface area contributed by atoms with Crippen molar-refractivity contribution in [3.8, 4) is 0 Å². The van der Waals surface area contributed by atoms with Gasteiger partial charge in [-0.2, -0.15) is 0 Å². The van der Waals surface area contributed by atoms with E-state index in [9.17, 15) is 9.90 Å². The number of hydrogen-bond acceptors (Lipinski definition) is 2. The van der Waals surface area contributed by atoms with E-state index in [1.807, 2.05) is 24.3 Å². The zero-order chi connectivity index (χ0) is 16.8. The zero-order valence-electron chi connectivity index (χ0n) is 14.0. The van der Waals surface area contributed by atoms with Gasteiger partial charge in [0.25, 0.3) is 0 Å². The normalized spacial score (nSPS) is 16.7. The lowest BCUT2D eigenvalue weighted by molar-refractivity contribution is 0.0858. The third kappa shape index (κ3) is 4.26. The standard InChI is InChI=1S/C20H26N2O2/c23-19(16-8-2-1-3-9-16)14-22-20(24)21-13-17-11-6-10-15-7-4-5-12-18(15)17/h4-7,10-12,16,19,23H,1-3,8-9,13-14H2,(H2,21,22,24)/t19-/m0/s1. The van der Waals surface area contributed by atoms with E-state index >= 15 is 0 Å². The second-order valence-electron chi connectivity index (χ2n) is 6.67. The van der Waals surface area contributed by atoms with Crippen LogP contribution in [0.25, 0.3) is 10.8 Å². The molecule has 0 spiro atoms. The number of rotatable bonds is 5. The number of benzene rings is 2. The number of amides is 2. The summed E-state index contributed by atoms with van der Waals surface area (Å²) in [4.78, 5) is 12.0. The quantitative estimate of drug-likeness (QED) is 0.786. The highest BCUT2D eigenvalue weighted by Crippen LogP contribution is 2.26. The Balaban J connectivity index is 1.48. The second-order valence-corrected chi connectivity index (χ2v) is 6.67. The van der Waals surface area contributed by atoms with Crippen LogP contribution >= 0.6 is 0 Å². The molecule has 24 heavy (non-hydrogen) atoms. The number of fused-ring (bicyclic) bond motifs is 1. The lowest BCUT2D eigenvalue weighted by Gasteiger charge is -2.26. The molecule has 1 fully saturated rings. The number of aliphatic hydroxyl groups excluding tert-OH is 1. The molecular formula is C20H26N2O2. The topological polar surface area (TPSA) is 61.4 Å². The van der Waals surface area contributed by atoms with Crippen LogP contribution in [-0.4, -0.2) is 23.8 Å². The van der Waals surface area contributed by atoms with Gasteiger partial charge >= 0.3 is 6.03 Å². The van der Waals surface area contributed by atoms with E-state index in [-0.39, 0.29) is 6.03 Å². The molecule has 2 aromatic rings. The van der Waals surface area contributed by atoms with Crippen LogP contribution in [-0.2, 0) is 6.54 Å². The molecule has 0 heterocycles. The van der Waals surface area contributed by atoms with Crippen LogP contribution < -0.4 is 10.6 Å². The predicted molar refractivity (Wildman–Crippen MR) is 96.8 cm³/mol. The van der Waals surface area contributed by atoms with Gasteiger partial charge in [0, 0.05) is 13.1 Å². The van der Waals surface area contributed by atoms with E-state index in [4.69, 9.17) is 0 Å². The maximum absolute atomic E-state index is 12.0. The molecule has 4 heteroatoms. The Morgan fingerprint density at radius 2 is 1.79 bits per heavy atom. The van der Waals surface area contributed by atoms with Gasteiger partial charge in [-0.25, -0.2) is 4.79 Å². The monoisotopic (exact) mass is 326 g/mol. The van der Waals surface area contributed by atoms with E-state index in [1.54, 1.807) is 0 Å². The Morgan fingerprint density at radius 1 is 1.04 bits per heavy atom. The Morgan fingerprint density at radius 3 is 2.62 bits per heavy atom. The molecule has 0 saturated heterocycles. The molecule has 0 aromatic heterocycles. The Kier molecular flexibility index (Phi) is 5.70. The number of urea groups is 1. The summed E-state index contributed by atoms with van der Waals surface area (Å²) in [7, 11) is 0. The minimum absolute atomic E-state index is 0.224. The van der Waals surface area contributed by atoms with Gasteiger partial charge in [-0.3, -0.25) is 0 Å². The molecule has 1 aliphatic rings. The van der Waals surface area contributed by atoms with Crippen molar-refractivity contribution in [1.82, 2.24) is 10.6 Å². The van der Waals surface area contributed by atoms with Crippen molar-refractivity contribution in [2.45, 2.75) is 44.8 Å². The first-order valence-corrected chi connectivity index (χ1v) is 8.90. The summed E-state index contributed by atoms with van der Waals surface area (Å²) in [6.45, 7) is 0.804. The molecule has 0 unspecified atom stereocenters. The predicted octanol–water partition coefficient (Wildman–Crippen LogP) is 3.58. The largest absolute Gasteiger partial charge is 0.391 e. The van der Waals surface area contributed by atoms with Crippen LogP contribution in [0.4, 0.5) is 4.79 Å². The molecule has 128 valence electrons. The van der Waals surface area contributed by atoms with Crippen molar-refractivity contribution < 1.29 is 9.90 Å². The van der Waals surface area contributed by atoms with E-state index in [0.717, 1.165) is 23.8 Å². The molecule has 1 saturated carbocycles. The number of nitrogens with one attached hydrogen (secondary N) is 2. The van der Waals surface area contributed by atoms with E-state index in [1.165, 1.54) is 24.6 Å². The number of aliphatic hydroxyl groups is 1. The molecule has 2 aromatic carbocycles. The summed E-state index contributed by atoms with van der Waals surface area (Å²) in [6.07, 6.45) is 5.35. The lowest BCUT2D eigenvalue weighted by Crippen LogP contribution is -2.41. The SMILES string of the molecule is O=C(NCc1cccc2ccccc12)NC[C@H](O)C1CCCCC1. The van der Waals surface area contributed by atoms with Gasteiger partial charge in [0.1, 0.15) is 0 Å². The third-order valence-electron chi connectivity index (χ3n) is 4.99. The zero-order valence-corrected chi connectivity index (χ0v) is 14.0. The molecule has 2 amide bonds. The molecule has 3 N–H and O–H groups in total. The highest BCUT2D eigenvalue weighted by Gasteiger charge is 2.21. The summed E-state index contributed by atoms with van der Waals surface area (Å²) in [5, 5.41) is 18.2. The summed E-state index contributed by atoms with van der Waals surface area (Å²) in [5.74, 6) is 0.331. The van der Waals surface area contributed by atoms with Gasteiger partial charge in [0.2, 0.25) is 0 Å². The lowest BCUT2D eigenvalue weighted by atomic mass is 9.85. The second kappa shape index (κ2) is 8.15. The molecule has 0 bridgehead atoms. The number of carbonyl (C=O) groups is 1. The fourth-order valence-electron chi connectivity index (χ4n) is 3.57. The highest BCUT2D eigenvalue weighted by atomic mass is 16.3. The van der Waals surface area contributed by atoms with Gasteiger partial charge in [0.15, 0.2) is 0 Å². The first-order valence-electron chi connectivity index (χ1n) is 8.90. The maximum atomic E-state index is 12.0. The molecular weight excluding hydrogens is 300 g/mol. The van der Waals surface area contributed by atoms with Crippen LogP contribution in [0, 0.1) is 5.92 Å². The maximum Gasteiger partial charge on any atom is 0.315 e. The van der Waals surface area contributed by atoms with Gasteiger partial charge in [0.05, 0.1) is 6.10 Å². The Hall–Kier alpha value is -2.07. The summed E-state index contributed by atoms with van der Waals surface area (Å²) in [6, 6.07) is 14.0. The Bertz CT molecular complexity index is 675. The van der Waals surface area contributed by atoms with Crippen LogP contribution in [0.2, 0.25) is 0 Å². The molecule has 4 nitrogen and oxygen atoms in total. The van der Waals surface area contributed by atoms with Crippen molar-refractivity contribution in [2.75, 3.05) is 6.54 Å². The van der Waals surface area contributed by atoms with Gasteiger partial charge in [-0.15, -0.1) is 0 Å². The first-order chi connectivity index (χ1) is 11.7. The first kappa shape index (κ1) is 16.8.